The molecular formula is C14H20F2N2O. The van der Waals surface area contributed by atoms with E-state index in [-0.39, 0.29) is 29.2 Å². The Labute approximate surface area is 112 Å². The van der Waals surface area contributed by atoms with Crippen molar-refractivity contribution in [2.45, 2.75) is 39.7 Å². The zero-order chi connectivity index (χ0) is 14.6. The fraction of sp³-hybridized carbons (Fsp3) is 0.500. The van der Waals surface area contributed by atoms with E-state index in [9.17, 15) is 13.6 Å². The van der Waals surface area contributed by atoms with Gasteiger partial charge in [0.1, 0.15) is 11.6 Å². The summed E-state index contributed by atoms with van der Waals surface area (Å²) >= 11 is 0. The van der Waals surface area contributed by atoms with Crippen LogP contribution in [0.2, 0.25) is 0 Å². The van der Waals surface area contributed by atoms with Crippen LogP contribution in [0.4, 0.5) is 14.5 Å². The summed E-state index contributed by atoms with van der Waals surface area (Å²) in [4.78, 5) is 11.7. The van der Waals surface area contributed by atoms with Crippen molar-refractivity contribution in [3.05, 3.63) is 29.3 Å². The number of hydrogen-bond donors (Lipinski definition) is 2. The highest BCUT2D eigenvalue weighted by Crippen LogP contribution is 2.18. The Kier molecular flexibility index (Phi) is 4.86. The van der Waals surface area contributed by atoms with Gasteiger partial charge in [0, 0.05) is 11.6 Å². The van der Waals surface area contributed by atoms with Crippen LogP contribution in [0.1, 0.15) is 32.8 Å². The molecule has 0 aliphatic carbocycles. The van der Waals surface area contributed by atoms with Crippen molar-refractivity contribution in [1.29, 1.82) is 0 Å². The average Bonchev–Trinajstić information content (AvgIpc) is 2.31. The van der Waals surface area contributed by atoms with E-state index in [1.54, 1.807) is 0 Å². The first-order chi connectivity index (χ1) is 8.75. The Morgan fingerprint density at radius 2 is 1.89 bits per heavy atom. The van der Waals surface area contributed by atoms with Crippen molar-refractivity contribution in [1.82, 2.24) is 5.32 Å². The standard InChI is InChI=1S/C14H20F2N2O/c1-5-14(3,4)18-13(19)8-17-12-7-10(15)9(2)6-11(12)16/h6-7,17H,5,8H2,1-4H3,(H,18,19). The molecule has 106 valence electrons. The highest BCUT2D eigenvalue weighted by Gasteiger charge is 2.17. The van der Waals surface area contributed by atoms with Crippen molar-refractivity contribution in [2.75, 3.05) is 11.9 Å². The number of hydrogen-bond acceptors (Lipinski definition) is 2. The van der Waals surface area contributed by atoms with Crippen LogP contribution in [-0.2, 0) is 4.79 Å². The third kappa shape index (κ3) is 4.50. The molecule has 19 heavy (non-hydrogen) atoms. The molecule has 0 saturated heterocycles. The van der Waals surface area contributed by atoms with Gasteiger partial charge in [-0.3, -0.25) is 4.79 Å². The van der Waals surface area contributed by atoms with Crippen LogP contribution >= 0.6 is 0 Å². The molecule has 0 aromatic heterocycles. The van der Waals surface area contributed by atoms with Crippen molar-refractivity contribution < 1.29 is 13.6 Å². The largest absolute Gasteiger partial charge is 0.374 e. The van der Waals surface area contributed by atoms with E-state index in [1.165, 1.54) is 6.92 Å². The lowest BCUT2D eigenvalue weighted by Crippen LogP contribution is -2.45. The molecule has 0 bridgehead atoms. The van der Waals surface area contributed by atoms with Crippen molar-refractivity contribution in [3.8, 4) is 0 Å². The predicted octanol–water partition coefficient (Wildman–Crippen LogP) is 2.99. The minimum Gasteiger partial charge on any atom is -0.374 e. The molecule has 0 aliphatic rings. The molecule has 0 spiro atoms. The smallest absolute Gasteiger partial charge is 0.239 e. The summed E-state index contributed by atoms with van der Waals surface area (Å²) in [6.07, 6.45) is 0.784. The number of carbonyl (C=O) groups is 1. The Hall–Kier alpha value is -1.65. The molecule has 0 unspecified atom stereocenters. The Morgan fingerprint density at radius 1 is 1.26 bits per heavy atom. The Morgan fingerprint density at radius 3 is 2.47 bits per heavy atom. The maximum absolute atomic E-state index is 13.5. The predicted molar refractivity (Wildman–Crippen MR) is 72.1 cm³/mol. The first-order valence-corrected chi connectivity index (χ1v) is 6.25. The van der Waals surface area contributed by atoms with Gasteiger partial charge >= 0.3 is 0 Å². The van der Waals surface area contributed by atoms with Gasteiger partial charge < -0.3 is 10.6 Å². The third-order valence-electron chi connectivity index (χ3n) is 3.05. The van der Waals surface area contributed by atoms with Crippen molar-refractivity contribution >= 4 is 11.6 Å². The zero-order valence-corrected chi connectivity index (χ0v) is 11.7. The number of anilines is 1. The molecule has 2 N–H and O–H groups in total. The van der Waals surface area contributed by atoms with Crippen LogP contribution in [0.5, 0.6) is 0 Å². The molecular weight excluding hydrogens is 250 g/mol. The number of benzene rings is 1. The lowest BCUT2D eigenvalue weighted by atomic mass is 10.0. The zero-order valence-electron chi connectivity index (χ0n) is 11.7. The molecule has 1 aromatic carbocycles. The topological polar surface area (TPSA) is 41.1 Å². The number of aryl methyl sites for hydroxylation is 1. The van der Waals surface area contributed by atoms with Crippen LogP contribution in [0.3, 0.4) is 0 Å². The highest BCUT2D eigenvalue weighted by atomic mass is 19.1. The van der Waals surface area contributed by atoms with Crippen LogP contribution < -0.4 is 10.6 Å². The highest BCUT2D eigenvalue weighted by molar-refractivity contribution is 5.81. The lowest BCUT2D eigenvalue weighted by Gasteiger charge is -2.24. The molecule has 0 radical (unpaired) electrons. The molecule has 1 amide bonds. The van der Waals surface area contributed by atoms with Gasteiger partial charge in [0.05, 0.1) is 12.2 Å². The molecule has 0 aliphatic heterocycles. The fourth-order valence-electron chi connectivity index (χ4n) is 1.47. The first kappa shape index (κ1) is 15.4. The van der Waals surface area contributed by atoms with E-state index in [4.69, 9.17) is 0 Å². The number of halogens is 2. The minimum absolute atomic E-state index is 0.00689. The normalized spacial score (nSPS) is 11.3. The van der Waals surface area contributed by atoms with Crippen LogP contribution in [0, 0.1) is 18.6 Å². The Bertz CT molecular complexity index is 473. The summed E-state index contributed by atoms with van der Waals surface area (Å²) < 4.78 is 26.8. The molecule has 5 heteroatoms. The van der Waals surface area contributed by atoms with Crippen LogP contribution in [0.25, 0.3) is 0 Å². The fourth-order valence-corrected chi connectivity index (χ4v) is 1.47. The number of carbonyl (C=O) groups excluding carboxylic acids is 1. The maximum Gasteiger partial charge on any atom is 0.239 e. The summed E-state index contributed by atoms with van der Waals surface area (Å²) in [5, 5.41) is 5.40. The van der Waals surface area contributed by atoms with Crippen molar-refractivity contribution in [2.24, 2.45) is 0 Å². The van der Waals surface area contributed by atoms with Crippen molar-refractivity contribution in [3.63, 3.8) is 0 Å². The second kappa shape index (κ2) is 5.99. The summed E-state index contributed by atoms with van der Waals surface area (Å²) in [6.45, 7) is 7.15. The van der Waals surface area contributed by atoms with Gasteiger partial charge in [-0.1, -0.05) is 6.92 Å². The lowest BCUT2D eigenvalue weighted by molar-refractivity contribution is -0.121. The Balaban J connectivity index is 2.63. The second-order valence-electron chi connectivity index (χ2n) is 5.22. The molecule has 1 rings (SSSR count). The molecule has 0 atom stereocenters. The summed E-state index contributed by atoms with van der Waals surface area (Å²) in [5.41, 5.74) is -0.0808. The number of nitrogens with one attached hydrogen (secondary N) is 2. The third-order valence-corrected chi connectivity index (χ3v) is 3.05. The van der Waals surface area contributed by atoms with E-state index in [2.05, 4.69) is 10.6 Å². The second-order valence-corrected chi connectivity index (χ2v) is 5.22. The minimum atomic E-state index is -0.568. The van der Waals surface area contributed by atoms with E-state index < -0.39 is 11.6 Å². The van der Waals surface area contributed by atoms with E-state index in [0.717, 1.165) is 18.6 Å². The molecule has 0 saturated carbocycles. The quantitative estimate of drug-likeness (QED) is 0.863. The average molecular weight is 270 g/mol. The SMILES string of the molecule is CCC(C)(C)NC(=O)CNc1cc(F)c(C)cc1F. The van der Waals surface area contributed by atoms with Gasteiger partial charge in [-0.05, 0) is 38.8 Å². The maximum atomic E-state index is 13.5. The van der Waals surface area contributed by atoms with Crippen LogP contribution in [0.15, 0.2) is 12.1 Å². The van der Waals surface area contributed by atoms with E-state index in [0.29, 0.717) is 0 Å². The van der Waals surface area contributed by atoms with Gasteiger partial charge in [0.15, 0.2) is 0 Å². The van der Waals surface area contributed by atoms with Gasteiger partial charge in [-0.25, -0.2) is 8.78 Å². The number of amides is 1. The van der Waals surface area contributed by atoms with Crippen LogP contribution in [-0.4, -0.2) is 18.0 Å². The number of rotatable bonds is 5. The van der Waals surface area contributed by atoms with Gasteiger partial charge in [-0.2, -0.15) is 0 Å². The monoisotopic (exact) mass is 270 g/mol. The van der Waals surface area contributed by atoms with E-state index in [1.807, 2.05) is 20.8 Å². The summed E-state index contributed by atoms with van der Waals surface area (Å²) in [6, 6.07) is 2.16. The molecule has 1 aromatic rings. The van der Waals surface area contributed by atoms with E-state index >= 15 is 0 Å². The summed E-state index contributed by atoms with van der Waals surface area (Å²) in [7, 11) is 0. The first-order valence-electron chi connectivity index (χ1n) is 6.25. The summed E-state index contributed by atoms with van der Waals surface area (Å²) in [5.74, 6) is -1.33. The molecule has 0 heterocycles. The van der Waals surface area contributed by atoms with Gasteiger partial charge in [0.2, 0.25) is 5.91 Å². The molecule has 3 nitrogen and oxygen atoms in total. The van der Waals surface area contributed by atoms with Gasteiger partial charge in [-0.15, -0.1) is 0 Å². The molecule has 0 fully saturated rings. The van der Waals surface area contributed by atoms with Gasteiger partial charge in [0.25, 0.3) is 0 Å².